The molecule has 0 saturated carbocycles. The van der Waals surface area contributed by atoms with Gasteiger partial charge in [-0.3, -0.25) is 4.79 Å². The Balaban J connectivity index is 1.54. The van der Waals surface area contributed by atoms with E-state index >= 15 is 0 Å². The summed E-state index contributed by atoms with van der Waals surface area (Å²) in [6.45, 7) is 1.36. The summed E-state index contributed by atoms with van der Waals surface area (Å²) in [6.07, 6.45) is 1.14. The Kier molecular flexibility index (Phi) is 3.09. The van der Waals surface area contributed by atoms with E-state index in [0.717, 1.165) is 11.2 Å². The van der Waals surface area contributed by atoms with Crippen LogP contribution in [0.25, 0.3) is 10.9 Å². The Hall–Kier alpha value is -2.90. The third-order valence-corrected chi connectivity index (χ3v) is 4.51. The van der Waals surface area contributed by atoms with Gasteiger partial charge in [-0.1, -0.05) is 0 Å². The minimum atomic E-state index is -0.542. The molecule has 0 unspecified atom stereocenters. The average molecular weight is 327 g/mol. The number of aromatic nitrogens is 2. The van der Waals surface area contributed by atoms with Crippen LogP contribution in [0.4, 0.5) is 10.6 Å². The zero-order valence-corrected chi connectivity index (χ0v) is 13.4. The van der Waals surface area contributed by atoms with Gasteiger partial charge in [0.25, 0.3) is 5.91 Å². The second-order valence-corrected chi connectivity index (χ2v) is 6.27. The number of carbonyl (C=O) groups is 2. The van der Waals surface area contributed by atoms with Gasteiger partial charge in [-0.2, -0.15) is 0 Å². The first-order valence-electron chi connectivity index (χ1n) is 7.67. The summed E-state index contributed by atoms with van der Waals surface area (Å²) in [7, 11) is 3.49. The lowest BCUT2D eigenvalue weighted by molar-refractivity contribution is -0.0581. The number of hydrogen-bond acceptors (Lipinski definition) is 6. The van der Waals surface area contributed by atoms with Crippen molar-refractivity contribution in [3.8, 4) is 0 Å². The fourth-order valence-electron chi connectivity index (χ4n) is 3.32. The molecular formula is C16H17N5O3. The Labute approximate surface area is 138 Å². The van der Waals surface area contributed by atoms with Crippen LogP contribution in [0.5, 0.6) is 0 Å². The Morgan fingerprint density at radius 1 is 1.29 bits per heavy atom. The Bertz CT molecular complexity index is 847. The molecule has 3 heterocycles. The molecule has 1 aromatic heterocycles. The van der Waals surface area contributed by atoms with Crippen molar-refractivity contribution < 1.29 is 14.3 Å². The highest BCUT2D eigenvalue weighted by Crippen LogP contribution is 2.33. The number of benzene rings is 1. The van der Waals surface area contributed by atoms with Gasteiger partial charge in [-0.15, -0.1) is 0 Å². The maximum Gasteiger partial charge on any atom is 0.410 e. The van der Waals surface area contributed by atoms with Gasteiger partial charge in [0.1, 0.15) is 12.1 Å². The van der Waals surface area contributed by atoms with Crippen LogP contribution >= 0.6 is 0 Å². The number of fused-ring (bicyclic) bond motifs is 1. The molecule has 2 amide bonds. The topological polar surface area (TPSA) is 87.7 Å². The van der Waals surface area contributed by atoms with Crippen molar-refractivity contribution in [3.05, 3.63) is 30.1 Å². The molecule has 2 aliphatic heterocycles. The third kappa shape index (κ3) is 2.14. The van der Waals surface area contributed by atoms with E-state index in [1.807, 2.05) is 6.07 Å². The molecule has 0 aliphatic carbocycles. The summed E-state index contributed by atoms with van der Waals surface area (Å²) < 4.78 is 5.38. The molecule has 2 saturated heterocycles. The van der Waals surface area contributed by atoms with E-state index in [1.165, 1.54) is 11.2 Å². The Morgan fingerprint density at radius 3 is 2.75 bits per heavy atom. The summed E-state index contributed by atoms with van der Waals surface area (Å²) in [5, 5.41) is 3.87. The highest BCUT2D eigenvalue weighted by atomic mass is 16.6. The molecule has 24 heavy (non-hydrogen) atoms. The van der Waals surface area contributed by atoms with Crippen molar-refractivity contribution in [3.63, 3.8) is 0 Å². The van der Waals surface area contributed by atoms with Crippen molar-refractivity contribution in [1.82, 2.24) is 19.8 Å². The predicted molar refractivity (Wildman–Crippen MR) is 86.8 cm³/mol. The van der Waals surface area contributed by atoms with Gasteiger partial charge in [0.15, 0.2) is 5.60 Å². The standard InChI is InChI=1S/C16H17N5O3/c1-17-13-11-4-3-10(5-12(11)18-9-19-13)14(22)21-7-16(8-21)6-20(2)15(23)24-16/h3-5,9H,6-8H2,1-2H3,(H,17,18,19). The first-order chi connectivity index (χ1) is 11.5. The number of amides is 2. The van der Waals surface area contributed by atoms with Gasteiger partial charge in [0.05, 0.1) is 25.2 Å². The van der Waals surface area contributed by atoms with Crippen LogP contribution in [0.2, 0.25) is 0 Å². The molecule has 2 aliphatic rings. The lowest BCUT2D eigenvalue weighted by atomic mass is 9.93. The molecule has 0 atom stereocenters. The van der Waals surface area contributed by atoms with Crippen LogP contribution < -0.4 is 5.32 Å². The fourth-order valence-corrected chi connectivity index (χ4v) is 3.32. The van der Waals surface area contributed by atoms with Crippen molar-refractivity contribution >= 4 is 28.7 Å². The van der Waals surface area contributed by atoms with Crippen LogP contribution in [0.1, 0.15) is 10.4 Å². The minimum absolute atomic E-state index is 0.0854. The number of hydrogen-bond donors (Lipinski definition) is 1. The van der Waals surface area contributed by atoms with Gasteiger partial charge >= 0.3 is 6.09 Å². The van der Waals surface area contributed by atoms with Gasteiger partial charge in [0, 0.05) is 25.0 Å². The molecule has 2 fully saturated rings. The predicted octanol–water partition coefficient (Wildman–Crippen LogP) is 0.948. The molecule has 0 radical (unpaired) electrons. The van der Waals surface area contributed by atoms with E-state index in [2.05, 4.69) is 15.3 Å². The minimum Gasteiger partial charge on any atom is -0.437 e. The largest absolute Gasteiger partial charge is 0.437 e. The average Bonchev–Trinajstić information content (AvgIpc) is 2.87. The molecular weight excluding hydrogens is 310 g/mol. The van der Waals surface area contributed by atoms with Gasteiger partial charge < -0.3 is 19.9 Å². The number of anilines is 1. The molecule has 8 heteroatoms. The first-order valence-corrected chi connectivity index (χ1v) is 7.67. The van der Waals surface area contributed by atoms with E-state index in [0.29, 0.717) is 30.7 Å². The third-order valence-electron chi connectivity index (χ3n) is 4.51. The summed E-state index contributed by atoms with van der Waals surface area (Å²) >= 11 is 0. The molecule has 124 valence electrons. The van der Waals surface area contributed by atoms with Crippen molar-refractivity contribution in [1.29, 1.82) is 0 Å². The lowest BCUT2D eigenvalue weighted by Gasteiger charge is -2.45. The molecule has 4 rings (SSSR count). The van der Waals surface area contributed by atoms with Gasteiger partial charge in [0.2, 0.25) is 0 Å². The number of carbonyl (C=O) groups excluding carboxylic acids is 2. The van der Waals surface area contributed by atoms with E-state index < -0.39 is 5.60 Å². The molecule has 8 nitrogen and oxygen atoms in total. The molecule has 2 aromatic rings. The van der Waals surface area contributed by atoms with Crippen molar-refractivity contribution in [2.24, 2.45) is 0 Å². The summed E-state index contributed by atoms with van der Waals surface area (Å²) in [4.78, 5) is 35.8. The Morgan fingerprint density at radius 2 is 2.08 bits per heavy atom. The van der Waals surface area contributed by atoms with E-state index in [9.17, 15) is 9.59 Å². The van der Waals surface area contributed by atoms with Crippen LogP contribution in [0, 0.1) is 0 Å². The zero-order chi connectivity index (χ0) is 16.9. The van der Waals surface area contributed by atoms with Crippen molar-refractivity contribution in [2.75, 3.05) is 39.0 Å². The second-order valence-electron chi connectivity index (χ2n) is 6.27. The van der Waals surface area contributed by atoms with Crippen LogP contribution in [-0.4, -0.2) is 71.1 Å². The van der Waals surface area contributed by atoms with Crippen LogP contribution in [0.3, 0.4) is 0 Å². The quantitative estimate of drug-likeness (QED) is 0.883. The highest BCUT2D eigenvalue weighted by molar-refractivity contribution is 6.00. The van der Waals surface area contributed by atoms with Crippen LogP contribution in [0.15, 0.2) is 24.5 Å². The van der Waals surface area contributed by atoms with Crippen LogP contribution in [-0.2, 0) is 4.74 Å². The van der Waals surface area contributed by atoms with Gasteiger partial charge in [-0.25, -0.2) is 14.8 Å². The number of nitrogens with zero attached hydrogens (tertiary/aromatic N) is 4. The van der Waals surface area contributed by atoms with E-state index in [1.54, 1.807) is 31.1 Å². The SMILES string of the molecule is CNc1ncnc2cc(C(=O)N3CC4(CN(C)C(=O)O4)C3)ccc12. The summed E-state index contributed by atoms with van der Waals surface area (Å²) in [6, 6.07) is 5.37. The smallest absolute Gasteiger partial charge is 0.410 e. The van der Waals surface area contributed by atoms with E-state index in [-0.39, 0.29) is 12.0 Å². The lowest BCUT2D eigenvalue weighted by Crippen LogP contribution is -2.65. The van der Waals surface area contributed by atoms with Gasteiger partial charge in [-0.05, 0) is 18.2 Å². The molecule has 0 bridgehead atoms. The number of likely N-dealkylation sites (N-methyl/N-ethyl adjacent to an activating group) is 1. The molecule has 1 N–H and O–H groups in total. The maximum atomic E-state index is 12.6. The number of rotatable bonds is 2. The van der Waals surface area contributed by atoms with E-state index in [4.69, 9.17) is 4.74 Å². The fraction of sp³-hybridized carbons (Fsp3) is 0.375. The monoisotopic (exact) mass is 327 g/mol. The molecule has 1 aromatic carbocycles. The summed E-state index contributed by atoms with van der Waals surface area (Å²) in [5.74, 6) is 0.639. The maximum absolute atomic E-state index is 12.6. The second kappa shape index (κ2) is 5.05. The number of likely N-dealkylation sites (tertiary alicyclic amines) is 1. The normalized spacial score (nSPS) is 18.7. The summed E-state index contributed by atoms with van der Waals surface area (Å²) in [5.41, 5.74) is 0.734. The number of ether oxygens (including phenoxy) is 1. The zero-order valence-electron chi connectivity index (χ0n) is 13.4. The van der Waals surface area contributed by atoms with Crippen molar-refractivity contribution in [2.45, 2.75) is 5.60 Å². The number of nitrogens with one attached hydrogen (secondary N) is 1. The highest BCUT2D eigenvalue weighted by Gasteiger charge is 2.54. The molecule has 1 spiro atoms. The first kappa shape index (κ1) is 14.7.